The lowest BCUT2D eigenvalue weighted by molar-refractivity contribution is 0.195. The maximum Gasteiger partial charge on any atom is 0.127 e. The molecule has 1 N–H and O–H groups in total. The Bertz CT molecular complexity index is 727. The minimum atomic E-state index is 0.183. The number of hydrogen-bond acceptors (Lipinski definition) is 2. The van der Waals surface area contributed by atoms with Crippen LogP contribution in [0.25, 0.3) is 11.1 Å². The summed E-state index contributed by atoms with van der Waals surface area (Å²) in [4.78, 5) is 0. The Morgan fingerprint density at radius 1 is 0.857 bits per heavy atom. The molecule has 2 aliphatic rings. The van der Waals surface area contributed by atoms with Crippen molar-refractivity contribution >= 4 is 11.1 Å². The van der Waals surface area contributed by atoms with Crippen LogP contribution in [0.2, 0.25) is 0 Å². The molecule has 2 heteroatoms. The summed E-state index contributed by atoms with van der Waals surface area (Å²) < 4.78 is 5.66. The molecule has 2 aromatic carbocycles. The first kappa shape index (κ1) is 12.4. The summed E-state index contributed by atoms with van der Waals surface area (Å²) in [6.45, 7) is 1.26. The second-order valence-electron chi connectivity index (χ2n) is 5.46. The third-order valence-electron chi connectivity index (χ3n) is 4.27. The third-order valence-corrected chi connectivity index (χ3v) is 4.27. The van der Waals surface area contributed by atoms with Crippen molar-refractivity contribution in [3.63, 3.8) is 0 Å². The first-order valence-electron chi connectivity index (χ1n) is 7.21. The Balaban J connectivity index is 1.89. The first-order valence-corrected chi connectivity index (χ1v) is 7.21. The molecule has 0 amide bonds. The number of allylic oxidation sites excluding steroid dienone is 1. The highest BCUT2D eigenvalue weighted by atomic mass is 16.5. The molecule has 1 unspecified atom stereocenters. The summed E-state index contributed by atoms with van der Waals surface area (Å²) in [7, 11) is 0. The van der Waals surface area contributed by atoms with E-state index in [1.165, 1.54) is 5.57 Å². The molecule has 1 aliphatic heterocycles. The van der Waals surface area contributed by atoms with E-state index in [1.54, 1.807) is 0 Å². The monoisotopic (exact) mass is 276 g/mol. The standard InChI is InChI=1S/C19H16O2/c20-19-17(13-7-3-1-4-8-13)15-11-21-12-16(15)18(19)14-9-5-2-6-10-14/h1-10,15,20H,11-12H2. The van der Waals surface area contributed by atoms with Crippen molar-refractivity contribution in [1.29, 1.82) is 0 Å². The smallest absolute Gasteiger partial charge is 0.127 e. The average Bonchev–Trinajstić information content (AvgIpc) is 3.08. The van der Waals surface area contributed by atoms with E-state index in [9.17, 15) is 5.11 Å². The van der Waals surface area contributed by atoms with Gasteiger partial charge >= 0.3 is 0 Å². The average molecular weight is 276 g/mol. The van der Waals surface area contributed by atoms with Gasteiger partial charge in [-0.1, -0.05) is 60.7 Å². The Labute approximate surface area is 124 Å². The van der Waals surface area contributed by atoms with Crippen LogP contribution in [0.3, 0.4) is 0 Å². The summed E-state index contributed by atoms with van der Waals surface area (Å²) in [6.07, 6.45) is 0. The molecule has 1 saturated heterocycles. The van der Waals surface area contributed by atoms with Crippen LogP contribution in [0.4, 0.5) is 0 Å². The lowest BCUT2D eigenvalue weighted by Crippen LogP contribution is -2.02. The summed E-state index contributed by atoms with van der Waals surface area (Å²) in [5.41, 5.74) is 5.30. The molecule has 0 aromatic heterocycles. The van der Waals surface area contributed by atoms with Crippen LogP contribution < -0.4 is 0 Å². The highest BCUT2D eigenvalue weighted by Gasteiger charge is 2.38. The van der Waals surface area contributed by atoms with E-state index in [0.717, 1.165) is 22.3 Å². The van der Waals surface area contributed by atoms with Gasteiger partial charge in [-0.2, -0.15) is 0 Å². The maximum atomic E-state index is 10.8. The Hall–Kier alpha value is -2.32. The van der Waals surface area contributed by atoms with E-state index in [2.05, 4.69) is 12.1 Å². The van der Waals surface area contributed by atoms with Crippen molar-refractivity contribution < 1.29 is 9.84 Å². The van der Waals surface area contributed by atoms with Gasteiger partial charge in [-0.05, 0) is 16.7 Å². The molecule has 0 bridgehead atoms. The second kappa shape index (κ2) is 4.90. The van der Waals surface area contributed by atoms with Crippen molar-refractivity contribution in [3.05, 3.63) is 83.1 Å². The number of hydrogen-bond donors (Lipinski definition) is 1. The largest absolute Gasteiger partial charge is 0.507 e. The molecule has 0 saturated carbocycles. The molecule has 0 spiro atoms. The van der Waals surface area contributed by atoms with E-state index in [1.807, 2.05) is 48.5 Å². The summed E-state index contributed by atoms with van der Waals surface area (Å²) in [5, 5.41) is 10.8. The summed E-state index contributed by atoms with van der Waals surface area (Å²) in [5.74, 6) is 0.596. The third kappa shape index (κ3) is 1.91. The topological polar surface area (TPSA) is 29.5 Å². The van der Waals surface area contributed by atoms with Gasteiger partial charge in [0.05, 0.1) is 13.2 Å². The van der Waals surface area contributed by atoms with Crippen LogP contribution >= 0.6 is 0 Å². The first-order chi connectivity index (χ1) is 10.4. The summed E-state index contributed by atoms with van der Waals surface area (Å²) >= 11 is 0. The molecule has 1 fully saturated rings. The molecule has 4 rings (SSSR count). The fourth-order valence-electron chi connectivity index (χ4n) is 3.33. The molecule has 1 heterocycles. The fourth-order valence-corrected chi connectivity index (χ4v) is 3.33. The van der Waals surface area contributed by atoms with E-state index in [0.29, 0.717) is 19.0 Å². The molecule has 2 aromatic rings. The lowest BCUT2D eigenvalue weighted by atomic mass is 9.92. The molecule has 21 heavy (non-hydrogen) atoms. The zero-order valence-corrected chi connectivity index (χ0v) is 11.6. The highest BCUT2D eigenvalue weighted by Crippen LogP contribution is 2.48. The summed E-state index contributed by atoms with van der Waals surface area (Å²) in [6, 6.07) is 20.2. The van der Waals surface area contributed by atoms with Crippen molar-refractivity contribution in [2.24, 2.45) is 5.92 Å². The van der Waals surface area contributed by atoms with Crippen molar-refractivity contribution in [2.75, 3.05) is 13.2 Å². The van der Waals surface area contributed by atoms with Gasteiger partial charge in [-0.15, -0.1) is 0 Å². The predicted molar refractivity (Wildman–Crippen MR) is 83.7 cm³/mol. The number of ether oxygens (including phenoxy) is 1. The number of aliphatic hydroxyl groups is 1. The van der Waals surface area contributed by atoms with Gasteiger partial charge in [0, 0.05) is 17.1 Å². The van der Waals surface area contributed by atoms with E-state index >= 15 is 0 Å². The molecule has 0 radical (unpaired) electrons. The molecule has 1 atom stereocenters. The van der Waals surface area contributed by atoms with Crippen LogP contribution in [-0.4, -0.2) is 18.3 Å². The zero-order valence-electron chi connectivity index (χ0n) is 11.6. The minimum absolute atomic E-state index is 0.183. The fraction of sp³-hybridized carbons (Fsp3) is 0.158. The SMILES string of the molecule is OC1=C(c2ccccc2)C2COCC2=C1c1ccccc1. The lowest BCUT2D eigenvalue weighted by Gasteiger charge is -2.11. The quantitative estimate of drug-likeness (QED) is 0.896. The molecule has 1 aliphatic carbocycles. The van der Waals surface area contributed by atoms with Crippen LogP contribution in [-0.2, 0) is 4.74 Å². The second-order valence-corrected chi connectivity index (χ2v) is 5.46. The van der Waals surface area contributed by atoms with Gasteiger partial charge in [0.2, 0.25) is 0 Å². The number of aliphatic hydroxyl groups excluding tert-OH is 1. The highest BCUT2D eigenvalue weighted by molar-refractivity contribution is 5.96. The molecular weight excluding hydrogens is 260 g/mol. The van der Waals surface area contributed by atoms with Gasteiger partial charge in [-0.3, -0.25) is 0 Å². The maximum absolute atomic E-state index is 10.8. The van der Waals surface area contributed by atoms with E-state index < -0.39 is 0 Å². The van der Waals surface area contributed by atoms with Gasteiger partial charge in [0.15, 0.2) is 0 Å². The Kier molecular flexibility index (Phi) is 2.90. The van der Waals surface area contributed by atoms with Gasteiger partial charge in [-0.25, -0.2) is 0 Å². The molecule has 104 valence electrons. The zero-order chi connectivity index (χ0) is 14.2. The number of rotatable bonds is 2. The van der Waals surface area contributed by atoms with Crippen molar-refractivity contribution in [3.8, 4) is 0 Å². The Morgan fingerprint density at radius 3 is 2.14 bits per heavy atom. The van der Waals surface area contributed by atoms with E-state index in [-0.39, 0.29) is 5.92 Å². The number of fused-ring (bicyclic) bond motifs is 1. The van der Waals surface area contributed by atoms with Crippen LogP contribution in [0.5, 0.6) is 0 Å². The molecule has 2 nitrogen and oxygen atoms in total. The number of benzene rings is 2. The Morgan fingerprint density at radius 2 is 1.48 bits per heavy atom. The van der Waals surface area contributed by atoms with E-state index in [4.69, 9.17) is 4.74 Å². The van der Waals surface area contributed by atoms with Crippen molar-refractivity contribution in [1.82, 2.24) is 0 Å². The molecular formula is C19H16O2. The van der Waals surface area contributed by atoms with Gasteiger partial charge in [0.25, 0.3) is 0 Å². The van der Waals surface area contributed by atoms with Gasteiger partial charge in [0.1, 0.15) is 5.76 Å². The predicted octanol–water partition coefficient (Wildman–Crippen LogP) is 4.07. The normalized spacial score (nSPS) is 21.0. The van der Waals surface area contributed by atoms with Crippen LogP contribution in [0, 0.1) is 5.92 Å². The van der Waals surface area contributed by atoms with Crippen LogP contribution in [0.1, 0.15) is 11.1 Å². The minimum Gasteiger partial charge on any atom is -0.507 e. The van der Waals surface area contributed by atoms with Crippen molar-refractivity contribution in [2.45, 2.75) is 0 Å². The van der Waals surface area contributed by atoms with Gasteiger partial charge < -0.3 is 9.84 Å². The van der Waals surface area contributed by atoms with Crippen LogP contribution in [0.15, 0.2) is 72.0 Å².